The second kappa shape index (κ2) is 5.41. The van der Waals surface area contributed by atoms with Crippen LogP contribution in [0.3, 0.4) is 0 Å². The van der Waals surface area contributed by atoms with Gasteiger partial charge in [0, 0.05) is 6.07 Å². The quantitative estimate of drug-likeness (QED) is 0.736. The summed E-state index contributed by atoms with van der Waals surface area (Å²) in [5.74, 6) is -0.646. The average Bonchev–Trinajstić information content (AvgIpc) is 3.17. The van der Waals surface area contributed by atoms with Crippen molar-refractivity contribution >= 4 is 5.97 Å². The fraction of sp³-hybridized carbons (Fsp3) is 0.0833. The third kappa shape index (κ3) is 2.86. The summed E-state index contributed by atoms with van der Waals surface area (Å²) >= 11 is 0. The SMILES string of the molecule is O=C(O)c1coc(COc2ccc(-n3nccn3)cn2)n1. The lowest BCUT2D eigenvalue weighted by Crippen LogP contribution is -2.02. The number of ether oxygens (including phenoxy) is 1. The minimum atomic E-state index is -1.15. The second-order valence-corrected chi connectivity index (χ2v) is 3.89. The Hall–Kier alpha value is -3.23. The molecular formula is C12H9N5O4. The van der Waals surface area contributed by atoms with Gasteiger partial charge in [0.25, 0.3) is 0 Å². The summed E-state index contributed by atoms with van der Waals surface area (Å²) in [6.07, 6.45) is 5.73. The molecule has 106 valence electrons. The first kappa shape index (κ1) is 12.8. The first-order valence-corrected chi connectivity index (χ1v) is 5.85. The molecule has 21 heavy (non-hydrogen) atoms. The standard InChI is InChI=1S/C12H9N5O4/c18-12(19)9-6-20-11(16-9)7-21-10-2-1-8(5-13-10)17-14-3-4-15-17/h1-6H,7H2,(H,18,19). The lowest BCUT2D eigenvalue weighted by Gasteiger charge is -2.03. The molecule has 0 aliphatic carbocycles. The number of nitrogens with zero attached hydrogens (tertiary/aromatic N) is 5. The van der Waals surface area contributed by atoms with Crippen molar-refractivity contribution in [3.8, 4) is 11.6 Å². The number of aromatic carboxylic acids is 1. The molecule has 0 aromatic carbocycles. The Balaban J connectivity index is 1.64. The average molecular weight is 287 g/mol. The van der Waals surface area contributed by atoms with Gasteiger partial charge >= 0.3 is 5.97 Å². The Morgan fingerprint density at radius 1 is 1.33 bits per heavy atom. The lowest BCUT2D eigenvalue weighted by molar-refractivity contribution is 0.0690. The van der Waals surface area contributed by atoms with Crippen LogP contribution in [0, 0.1) is 0 Å². The zero-order valence-electron chi connectivity index (χ0n) is 10.6. The van der Waals surface area contributed by atoms with Crippen LogP contribution in [0.1, 0.15) is 16.4 Å². The van der Waals surface area contributed by atoms with Gasteiger partial charge in [-0.2, -0.15) is 15.0 Å². The van der Waals surface area contributed by atoms with E-state index in [0.29, 0.717) is 11.6 Å². The molecule has 3 rings (SSSR count). The zero-order chi connectivity index (χ0) is 14.7. The van der Waals surface area contributed by atoms with E-state index in [-0.39, 0.29) is 18.2 Å². The maximum absolute atomic E-state index is 10.6. The van der Waals surface area contributed by atoms with Crippen molar-refractivity contribution in [2.45, 2.75) is 6.61 Å². The van der Waals surface area contributed by atoms with E-state index in [2.05, 4.69) is 20.2 Å². The Labute approximate surface area is 117 Å². The Kier molecular flexibility index (Phi) is 3.29. The van der Waals surface area contributed by atoms with Gasteiger partial charge in [-0.25, -0.2) is 14.8 Å². The van der Waals surface area contributed by atoms with Crippen molar-refractivity contribution in [1.82, 2.24) is 25.0 Å². The van der Waals surface area contributed by atoms with Gasteiger partial charge in [0.05, 0.1) is 18.6 Å². The number of hydrogen-bond donors (Lipinski definition) is 1. The predicted octanol–water partition coefficient (Wildman–Crippen LogP) is 0.927. The molecule has 0 bridgehead atoms. The molecule has 0 unspecified atom stereocenters. The first-order valence-electron chi connectivity index (χ1n) is 5.85. The molecule has 0 atom stereocenters. The highest BCUT2D eigenvalue weighted by Crippen LogP contribution is 2.12. The number of aromatic nitrogens is 5. The Morgan fingerprint density at radius 2 is 2.14 bits per heavy atom. The molecule has 0 radical (unpaired) electrons. The van der Waals surface area contributed by atoms with E-state index in [9.17, 15) is 4.79 Å². The van der Waals surface area contributed by atoms with Gasteiger partial charge in [-0.05, 0) is 6.07 Å². The number of rotatable bonds is 5. The van der Waals surface area contributed by atoms with Crippen molar-refractivity contribution in [1.29, 1.82) is 0 Å². The van der Waals surface area contributed by atoms with Crippen molar-refractivity contribution in [2.75, 3.05) is 0 Å². The van der Waals surface area contributed by atoms with E-state index < -0.39 is 5.97 Å². The molecule has 0 spiro atoms. The highest BCUT2D eigenvalue weighted by Gasteiger charge is 2.10. The van der Waals surface area contributed by atoms with Gasteiger partial charge in [-0.1, -0.05) is 0 Å². The molecule has 3 aromatic rings. The summed E-state index contributed by atoms with van der Waals surface area (Å²) in [5, 5.41) is 16.7. The minimum Gasteiger partial charge on any atom is -0.476 e. The molecule has 3 heterocycles. The fourth-order valence-electron chi connectivity index (χ4n) is 1.54. The third-order valence-corrected chi connectivity index (χ3v) is 2.48. The molecule has 3 aromatic heterocycles. The highest BCUT2D eigenvalue weighted by molar-refractivity contribution is 5.84. The Morgan fingerprint density at radius 3 is 2.76 bits per heavy atom. The van der Waals surface area contributed by atoms with Gasteiger partial charge < -0.3 is 14.3 Å². The monoisotopic (exact) mass is 287 g/mol. The van der Waals surface area contributed by atoms with Crippen molar-refractivity contribution in [2.24, 2.45) is 0 Å². The molecular weight excluding hydrogens is 278 g/mol. The van der Waals surface area contributed by atoms with Crippen LogP contribution in [0.15, 0.2) is 41.4 Å². The van der Waals surface area contributed by atoms with E-state index in [1.807, 2.05) is 0 Å². The van der Waals surface area contributed by atoms with E-state index >= 15 is 0 Å². The van der Waals surface area contributed by atoms with Crippen LogP contribution in [-0.4, -0.2) is 36.0 Å². The smallest absolute Gasteiger partial charge is 0.357 e. The van der Waals surface area contributed by atoms with Crippen molar-refractivity contribution in [3.63, 3.8) is 0 Å². The predicted molar refractivity (Wildman–Crippen MR) is 66.9 cm³/mol. The molecule has 0 saturated carbocycles. The van der Waals surface area contributed by atoms with Gasteiger partial charge in [-0.15, -0.1) is 0 Å². The van der Waals surface area contributed by atoms with E-state index in [4.69, 9.17) is 14.3 Å². The number of carboxylic acid groups (broad SMARTS) is 1. The summed E-state index contributed by atoms with van der Waals surface area (Å²) < 4.78 is 10.3. The topological polar surface area (TPSA) is 116 Å². The summed E-state index contributed by atoms with van der Waals surface area (Å²) in [6, 6.07) is 3.38. The van der Waals surface area contributed by atoms with E-state index in [0.717, 1.165) is 6.26 Å². The molecule has 0 saturated heterocycles. The molecule has 0 aliphatic rings. The number of hydrogen-bond acceptors (Lipinski definition) is 7. The normalized spacial score (nSPS) is 10.5. The first-order chi connectivity index (χ1) is 10.2. The van der Waals surface area contributed by atoms with Crippen LogP contribution >= 0.6 is 0 Å². The number of carboxylic acids is 1. The Bertz CT molecular complexity index is 735. The number of carbonyl (C=O) groups is 1. The van der Waals surface area contributed by atoms with Gasteiger partial charge in [-0.3, -0.25) is 0 Å². The van der Waals surface area contributed by atoms with Crippen LogP contribution in [0.4, 0.5) is 0 Å². The van der Waals surface area contributed by atoms with Gasteiger partial charge in [0.15, 0.2) is 12.3 Å². The summed E-state index contributed by atoms with van der Waals surface area (Å²) in [5.41, 5.74) is 0.526. The van der Waals surface area contributed by atoms with Crippen LogP contribution in [0.2, 0.25) is 0 Å². The molecule has 0 fully saturated rings. The zero-order valence-corrected chi connectivity index (χ0v) is 10.6. The molecule has 9 heteroatoms. The fourth-order valence-corrected chi connectivity index (χ4v) is 1.54. The molecule has 1 N–H and O–H groups in total. The largest absolute Gasteiger partial charge is 0.476 e. The van der Waals surface area contributed by atoms with Gasteiger partial charge in [0.1, 0.15) is 12.0 Å². The van der Waals surface area contributed by atoms with Crippen LogP contribution in [-0.2, 0) is 6.61 Å². The molecule has 9 nitrogen and oxygen atoms in total. The maximum atomic E-state index is 10.6. The van der Waals surface area contributed by atoms with E-state index in [1.165, 1.54) is 4.80 Å². The molecule has 0 aliphatic heterocycles. The molecule has 0 amide bonds. The van der Waals surface area contributed by atoms with E-state index in [1.54, 1.807) is 30.7 Å². The highest BCUT2D eigenvalue weighted by atomic mass is 16.5. The second-order valence-electron chi connectivity index (χ2n) is 3.89. The summed E-state index contributed by atoms with van der Waals surface area (Å²) in [6.45, 7) is -0.0142. The van der Waals surface area contributed by atoms with Crippen LogP contribution in [0.25, 0.3) is 5.69 Å². The third-order valence-electron chi connectivity index (χ3n) is 2.48. The number of pyridine rings is 1. The van der Waals surface area contributed by atoms with Crippen LogP contribution in [0.5, 0.6) is 5.88 Å². The number of oxazole rings is 1. The maximum Gasteiger partial charge on any atom is 0.357 e. The van der Waals surface area contributed by atoms with Crippen molar-refractivity contribution < 1.29 is 19.1 Å². The summed E-state index contributed by atoms with van der Waals surface area (Å²) in [4.78, 5) is 19.9. The van der Waals surface area contributed by atoms with Crippen LogP contribution < -0.4 is 4.74 Å². The summed E-state index contributed by atoms with van der Waals surface area (Å²) in [7, 11) is 0. The minimum absolute atomic E-state index is 0.0142. The lowest BCUT2D eigenvalue weighted by atomic mass is 10.4. The van der Waals surface area contributed by atoms with Crippen molar-refractivity contribution in [3.05, 3.63) is 48.6 Å². The van der Waals surface area contributed by atoms with Gasteiger partial charge in [0.2, 0.25) is 11.8 Å².